The summed E-state index contributed by atoms with van der Waals surface area (Å²) in [6.45, 7) is 2.56. The molecule has 1 saturated heterocycles. The molecule has 1 aliphatic heterocycles. The van der Waals surface area contributed by atoms with E-state index < -0.39 is 24.0 Å². The Labute approximate surface area is 134 Å². The first-order chi connectivity index (χ1) is 10.9. The van der Waals surface area contributed by atoms with Gasteiger partial charge < -0.3 is 21.1 Å². The zero-order valence-electron chi connectivity index (χ0n) is 13.0. The fraction of sp³-hybridized carbons (Fsp3) is 0.438. The van der Waals surface area contributed by atoms with Crippen LogP contribution >= 0.6 is 0 Å². The zero-order chi connectivity index (χ0) is 17.0. The van der Waals surface area contributed by atoms with E-state index in [0.717, 1.165) is 11.1 Å². The lowest BCUT2D eigenvalue weighted by Crippen LogP contribution is -2.38. The second kappa shape index (κ2) is 7.13. The number of hydrogen-bond acceptors (Lipinski definition) is 3. The SMILES string of the molecule is Cc1cccc([C@@H](CC(=O)N2CC[C@H](C(=O)O)C2)NC(N)=O)c1. The van der Waals surface area contributed by atoms with Crippen LogP contribution in [0.3, 0.4) is 0 Å². The first kappa shape index (κ1) is 16.8. The number of carbonyl (C=O) groups excluding carboxylic acids is 2. The highest BCUT2D eigenvalue weighted by Crippen LogP contribution is 2.22. The van der Waals surface area contributed by atoms with Crippen LogP contribution in [0.15, 0.2) is 24.3 Å². The molecule has 2 rings (SSSR count). The van der Waals surface area contributed by atoms with Gasteiger partial charge in [-0.1, -0.05) is 29.8 Å². The molecule has 0 saturated carbocycles. The van der Waals surface area contributed by atoms with Crippen molar-refractivity contribution in [1.82, 2.24) is 10.2 Å². The molecule has 0 aliphatic carbocycles. The van der Waals surface area contributed by atoms with E-state index >= 15 is 0 Å². The highest BCUT2D eigenvalue weighted by molar-refractivity contribution is 5.80. The second-order valence-corrected chi connectivity index (χ2v) is 5.84. The number of primary amides is 1. The standard InChI is InChI=1S/C16H21N3O4/c1-10-3-2-4-11(7-10)13(18-16(17)23)8-14(20)19-6-5-12(9-19)15(21)22/h2-4,7,12-13H,5-6,8-9H2,1H3,(H,21,22)(H3,17,18,23)/t12-,13+/m0/s1. The molecule has 0 bridgehead atoms. The maximum absolute atomic E-state index is 12.4. The fourth-order valence-corrected chi connectivity index (χ4v) is 2.80. The average Bonchev–Trinajstić information content (AvgIpc) is 2.96. The first-order valence-corrected chi connectivity index (χ1v) is 7.50. The van der Waals surface area contributed by atoms with E-state index in [4.69, 9.17) is 10.8 Å². The topological polar surface area (TPSA) is 113 Å². The molecule has 1 aromatic rings. The summed E-state index contributed by atoms with van der Waals surface area (Å²) in [4.78, 5) is 36.1. The van der Waals surface area contributed by atoms with Crippen LogP contribution in [-0.4, -0.2) is 41.0 Å². The van der Waals surface area contributed by atoms with Crippen molar-refractivity contribution in [3.05, 3.63) is 35.4 Å². The van der Waals surface area contributed by atoms with Crippen LogP contribution in [-0.2, 0) is 9.59 Å². The smallest absolute Gasteiger partial charge is 0.312 e. The third kappa shape index (κ3) is 4.45. The molecular weight excluding hydrogens is 298 g/mol. The number of nitrogens with two attached hydrogens (primary N) is 1. The fourth-order valence-electron chi connectivity index (χ4n) is 2.80. The number of carboxylic acid groups (broad SMARTS) is 1. The van der Waals surface area contributed by atoms with Gasteiger partial charge in [0.25, 0.3) is 0 Å². The van der Waals surface area contributed by atoms with Gasteiger partial charge >= 0.3 is 12.0 Å². The summed E-state index contributed by atoms with van der Waals surface area (Å²) in [6.07, 6.45) is 0.512. The van der Waals surface area contributed by atoms with Crippen LogP contribution in [0.25, 0.3) is 0 Å². The number of likely N-dealkylation sites (tertiary alicyclic amines) is 1. The van der Waals surface area contributed by atoms with E-state index in [1.165, 1.54) is 4.90 Å². The van der Waals surface area contributed by atoms with Gasteiger partial charge in [-0.2, -0.15) is 0 Å². The molecule has 1 aromatic carbocycles. The number of urea groups is 1. The lowest BCUT2D eigenvalue weighted by Gasteiger charge is -2.22. The van der Waals surface area contributed by atoms with Crippen molar-refractivity contribution in [2.24, 2.45) is 11.7 Å². The summed E-state index contributed by atoms with van der Waals surface area (Å²) in [6, 6.07) is 6.26. The van der Waals surface area contributed by atoms with Crippen LogP contribution in [0.1, 0.15) is 30.0 Å². The second-order valence-electron chi connectivity index (χ2n) is 5.84. The van der Waals surface area contributed by atoms with Crippen LogP contribution in [0.4, 0.5) is 4.79 Å². The van der Waals surface area contributed by atoms with E-state index in [9.17, 15) is 14.4 Å². The summed E-state index contributed by atoms with van der Waals surface area (Å²) in [7, 11) is 0. The number of nitrogens with zero attached hydrogens (tertiary/aromatic N) is 1. The lowest BCUT2D eigenvalue weighted by molar-refractivity contribution is -0.141. The maximum atomic E-state index is 12.4. The molecule has 2 atom stereocenters. The molecule has 7 nitrogen and oxygen atoms in total. The highest BCUT2D eigenvalue weighted by atomic mass is 16.4. The Balaban J connectivity index is 2.07. The predicted octanol–water partition coefficient (Wildman–Crippen LogP) is 1.03. The number of carboxylic acids is 1. The number of nitrogens with one attached hydrogen (secondary N) is 1. The number of rotatable bonds is 5. The molecule has 0 radical (unpaired) electrons. The lowest BCUT2D eigenvalue weighted by atomic mass is 10.0. The molecular formula is C16H21N3O4. The summed E-state index contributed by atoms with van der Waals surface area (Å²) in [5.41, 5.74) is 7.02. The Morgan fingerprint density at radius 2 is 2.17 bits per heavy atom. The quantitative estimate of drug-likeness (QED) is 0.752. The molecule has 1 aliphatic rings. The minimum absolute atomic E-state index is 0.0543. The molecule has 3 amide bonds. The van der Waals surface area contributed by atoms with Gasteiger partial charge in [0.15, 0.2) is 0 Å². The molecule has 1 fully saturated rings. The Kier molecular flexibility index (Phi) is 5.20. The summed E-state index contributed by atoms with van der Waals surface area (Å²) in [5, 5.41) is 11.6. The maximum Gasteiger partial charge on any atom is 0.312 e. The number of amides is 3. The normalized spacial score (nSPS) is 18.5. The van der Waals surface area contributed by atoms with Crippen LogP contribution < -0.4 is 11.1 Å². The Morgan fingerprint density at radius 1 is 1.43 bits per heavy atom. The minimum Gasteiger partial charge on any atom is -0.481 e. The summed E-state index contributed by atoms with van der Waals surface area (Å²) in [5.74, 6) is -1.58. The van der Waals surface area contributed by atoms with Gasteiger partial charge in [0.1, 0.15) is 0 Å². The van der Waals surface area contributed by atoms with Crippen molar-refractivity contribution < 1.29 is 19.5 Å². The van der Waals surface area contributed by atoms with Gasteiger partial charge in [0.05, 0.1) is 18.4 Å². The zero-order valence-corrected chi connectivity index (χ0v) is 13.0. The summed E-state index contributed by atoms with van der Waals surface area (Å²) < 4.78 is 0. The van der Waals surface area contributed by atoms with Gasteiger partial charge in [0, 0.05) is 13.1 Å². The van der Waals surface area contributed by atoms with E-state index in [0.29, 0.717) is 13.0 Å². The molecule has 7 heteroatoms. The molecule has 1 heterocycles. The largest absolute Gasteiger partial charge is 0.481 e. The van der Waals surface area contributed by atoms with E-state index in [1.807, 2.05) is 31.2 Å². The third-order valence-corrected chi connectivity index (χ3v) is 4.03. The minimum atomic E-state index is -0.884. The average molecular weight is 319 g/mol. The third-order valence-electron chi connectivity index (χ3n) is 4.03. The van der Waals surface area contributed by atoms with E-state index in [1.54, 1.807) is 0 Å². The number of benzene rings is 1. The number of carbonyl (C=O) groups is 3. The molecule has 0 unspecified atom stereocenters. The first-order valence-electron chi connectivity index (χ1n) is 7.50. The van der Waals surface area contributed by atoms with Crippen molar-refractivity contribution in [2.45, 2.75) is 25.8 Å². The Morgan fingerprint density at radius 3 is 2.74 bits per heavy atom. The summed E-state index contributed by atoms with van der Waals surface area (Å²) >= 11 is 0. The van der Waals surface area contributed by atoms with Crippen LogP contribution in [0.5, 0.6) is 0 Å². The van der Waals surface area contributed by atoms with Crippen molar-refractivity contribution in [3.8, 4) is 0 Å². The highest BCUT2D eigenvalue weighted by Gasteiger charge is 2.32. The molecule has 0 aromatic heterocycles. The van der Waals surface area contributed by atoms with Gasteiger partial charge in [-0.3, -0.25) is 9.59 Å². The van der Waals surface area contributed by atoms with Crippen molar-refractivity contribution in [1.29, 1.82) is 0 Å². The van der Waals surface area contributed by atoms with Gasteiger partial charge in [-0.25, -0.2) is 4.79 Å². The van der Waals surface area contributed by atoms with Crippen molar-refractivity contribution in [2.75, 3.05) is 13.1 Å². The van der Waals surface area contributed by atoms with Crippen LogP contribution in [0, 0.1) is 12.8 Å². The monoisotopic (exact) mass is 319 g/mol. The number of aryl methyl sites for hydroxylation is 1. The van der Waals surface area contributed by atoms with Gasteiger partial charge in [-0.05, 0) is 18.9 Å². The molecule has 124 valence electrons. The predicted molar refractivity (Wildman–Crippen MR) is 83.6 cm³/mol. The van der Waals surface area contributed by atoms with E-state index in [2.05, 4.69) is 5.32 Å². The number of hydrogen-bond donors (Lipinski definition) is 3. The molecule has 0 spiro atoms. The van der Waals surface area contributed by atoms with Crippen molar-refractivity contribution in [3.63, 3.8) is 0 Å². The van der Waals surface area contributed by atoms with Gasteiger partial charge in [-0.15, -0.1) is 0 Å². The molecule has 23 heavy (non-hydrogen) atoms. The van der Waals surface area contributed by atoms with E-state index in [-0.39, 0.29) is 18.9 Å². The Bertz CT molecular complexity index is 617. The van der Waals surface area contributed by atoms with Crippen LogP contribution in [0.2, 0.25) is 0 Å². The van der Waals surface area contributed by atoms with Gasteiger partial charge in [0.2, 0.25) is 5.91 Å². The number of aliphatic carboxylic acids is 1. The Hall–Kier alpha value is -2.57. The van der Waals surface area contributed by atoms with Crippen molar-refractivity contribution >= 4 is 17.9 Å². The molecule has 4 N–H and O–H groups in total.